The quantitative estimate of drug-likeness (QED) is 0.357. The number of aliphatic hydroxyl groups is 1. The molecule has 8 nitrogen and oxygen atoms in total. The average Bonchev–Trinajstić information content (AvgIpc) is 3.58. The fourth-order valence-electron chi connectivity index (χ4n) is 5.00. The third-order valence-corrected chi connectivity index (χ3v) is 8.02. The first-order chi connectivity index (χ1) is 18.2. The van der Waals surface area contributed by atoms with Gasteiger partial charge in [-0.1, -0.05) is 6.92 Å². The molecule has 0 aliphatic carbocycles. The molecule has 2 fully saturated rings. The van der Waals surface area contributed by atoms with E-state index in [1.54, 1.807) is 4.90 Å². The number of pyridine rings is 1. The van der Waals surface area contributed by atoms with Crippen molar-refractivity contribution in [2.75, 3.05) is 11.9 Å². The van der Waals surface area contributed by atoms with Gasteiger partial charge in [0.1, 0.15) is 17.6 Å². The number of hydrogen-bond donors (Lipinski definition) is 3. The van der Waals surface area contributed by atoms with Crippen molar-refractivity contribution in [1.82, 2.24) is 20.2 Å². The molecule has 39 heavy (non-hydrogen) atoms. The summed E-state index contributed by atoms with van der Waals surface area (Å²) >= 11 is 0.715. The average molecular weight is 576 g/mol. The topological polar surface area (TPSA) is 107 Å². The van der Waals surface area contributed by atoms with Crippen LogP contribution < -0.4 is 10.6 Å². The number of rotatable bonds is 9. The molecule has 1 unspecified atom stereocenters. The number of alkyl halides is 5. The predicted molar refractivity (Wildman–Crippen MR) is 135 cm³/mol. The molecule has 2 bridgehead atoms. The van der Waals surface area contributed by atoms with Crippen molar-refractivity contribution in [3.8, 4) is 10.4 Å². The maximum atomic E-state index is 14.2. The van der Waals surface area contributed by atoms with Crippen LogP contribution in [0.15, 0.2) is 12.3 Å². The molecule has 2 aliphatic heterocycles. The fraction of sp³-hybridized carbons (Fsp3) is 0.600. The molecule has 3 N–H and O–H groups in total. The Bertz CT molecular complexity index is 1210. The van der Waals surface area contributed by atoms with Crippen LogP contribution in [0.3, 0.4) is 0 Å². The summed E-state index contributed by atoms with van der Waals surface area (Å²) in [6.45, 7) is 4.15. The summed E-state index contributed by atoms with van der Waals surface area (Å²) in [6, 6.07) is -1.16. The van der Waals surface area contributed by atoms with Crippen LogP contribution in [0.4, 0.5) is 27.8 Å². The smallest absolute Gasteiger partial charge is 0.389 e. The number of amides is 2. The minimum Gasteiger partial charge on any atom is -0.389 e. The number of carbonyl (C=O) groups is 2. The molecular weight excluding hydrogens is 545 g/mol. The molecule has 0 radical (unpaired) electrons. The second-order valence-electron chi connectivity index (χ2n) is 10.5. The zero-order chi connectivity index (χ0) is 28.7. The largest absolute Gasteiger partial charge is 0.408 e. The summed E-state index contributed by atoms with van der Waals surface area (Å²) in [5.41, 5.74) is -2.25. The van der Waals surface area contributed by atoms with E-state index in [4.69, 9.17) is 0 Å². The van der Waals surface area contributed by atoms with E-state index in [0.717, 1.165) is 37.9 Å². The Kier molecular flexibility index (Phi) is 8.18. The van der Waals surface area contributed by atoms with Crippen LogP contribution in [-0.4, -0.2) is 68.2 Å². The molecular formula is C25H30F5N5O3S. The maximum Gasteiger partial charge on any atom is 0.408 e. The molecule has 2 aliphatic rings. The van der Waals surface area contributed by atoms with Crippen molar-refractivity contribution in [1.29, 1.82) is 0 Å². The lowest BCUT2D eigenvalue weighted by Gasteiger charge is -2.22. The van der Waals surface area contributed by atoms with Gasteiger partial charge in [-0.25, -0.2) is 18.7 Å². The van der Waals surface area contributed by atoms with E-state index in [1.807, 2.05) is 0 Å². The Morgan fingerprint density at radius 3 is 2.31 bits per heavy atom. The number of fused-ring (bicyclic) bond motifs is 2. The number of anilines is 1. The summed E-state index contributed by atoms with van der Waals surface area (Å²) < 4.78 is 68.2. The second-order valence-corrected chi connectivity index (χ2v) is 11.5. The van der Waals surface area contributed by atoms with Gasteiger partial charge in [0.25, 0.3) is 18.2 Å². The molecule has 0 spiro atoms. The second kappa shape index (κ2) is 11.0. The summed E-state index contributed by atoms with van der Waals surface area (Å²) in [7, 11) is 0. The van der Waals surface area contributed by atoms with Crippen LogP contribution >= 0.6 is 11.3 Å². The molecule has 2 aromatic heterocycles. The van der Waals surface area contributed by atoms with E-state index in [0.29, 0.717) is 11.3 Å². The maximum absolute atomic E-state index is 14.2. The van der Waals surface area contributed by atoms with Crippen molar-refractivity contribution >= 4 is 29.0 Å². The normalized spacial score (nSPS) is 20.0. The number of thiazole rings is 1. The molecule has 14 heteroatoms. The Morgan fingerprint density at radius 2 is 1.79 bits per heavy atom. The molecule has 4 rings (SSSR count). The molecule has 0 aromatic carbocycles. The van der Waals surface area contributed by atoms with E-state index in [2.05, 4.69) is 20.6 Å². The van der Waals surface area contributed by atoms with Crippen LogP contribution in [0, 0.1) is 0 Å². The lowest BCUT2D eigenvalue weighted by molar-refractivity contribution is -0.142. The van der Waals surface area contributed by atoms with Crippen LogP contribution in [0.1, 0.15) is 85.2 Å². The lowest BCUT2D eigenvalue weighted by Crippen LogP contribution is -2.38. The third-order valence-electron chi connectivity index (χ3n) is 6.93. The van der Waals surface area contributed by atoms with Gasteiger partial charge in [0.2, 0.25) is 0 Å². The third kappa shape index (κ3) is 6.32. The highest BCUT2D eigenvalue weighted by molar-refractivity contribution is 7.17. The SMILES string of the molecule is CCC(Nc1cc(C(F)F)c(-c2sc(C(=O)NCC(C)(C)O)nc2C(=O)N2C3CCC2CC3)cn1)C(F)(F)F. The summed E-state index contributed by atoms with van der Waals surface area (Å²) in [5.74, 6) is -1.58. The number of hydrogen-bond acceptors (Lipinski definition) is 7. The zero-order valence-electron chi connectivity index (χ0n) is 21.6. The van der Waals surface area contributed by atoms with E-state index >= 15 is 0 Å². The molecule has 0 saturated carbocycles. The first-order valence-corrected chi connectivity index (χ1v) is 13.5. The van der Waals surface area contributed by atoms with Crippen LogP contribution in [-0.2, 0) is 0 Å². The van der Waals surface area contributed by atoms with Gasteiger partial charge in [-0.3, -0.25) is 9.59 Å². The molecule has 2 amide bonds. The molecule has 4 heterocycles. The van der Waals surface area contributed by atoms with Crippen LogP contribution in [0.5, 0.6) is 0 Å². The monoisotopic (exact) mass is 575 g/mol. The van der Waals surface area contributed by atoms with Gasteiger partial charge in [-0.2, -0.15) is 13.2 Å². The van der Waals surface area contributed by atoms with Crippen LogP contribution in [0.2, 0.25) is 0 Å². The predicted octanol–water partition coefficient (Wildman–Crippen LogP) is 5.16. The standard InChI is InChI=1S/C25H30F5N5O3S/c1-4-16(25(28,29)30)33-17-9-14(20(26)27)15(10-31-17)19-18(23(37)35-12-5-6-13(35)8-7-12)34-22(39-19)21(36)32-11-24(2,3)38/h9-10,12-13,16,20,38H,4-8,11H2,1-3H3,(H,31,33)(H,32,36). The number of nitrogens with zero attached hydrogens (tertiary/aromatic N) is 3. The Labute approximate surface area is 226 Å². The summed E-state index contributed by atoms with van der Waals surface area (Å²) in [6.07, 6.45) is -3.82. The van der Waals surface area contributed by atoms with Gasteiger partial charge in [0.15, 0.2) is 5.01 Å². The van der Waals surface area contributed by atoms with Crippen LogP contribution in [0.25, 0.3) is 10.4 Å². The van der Waals surface area contributed by atoms with Gasteiger partial charge in [0.05, 0.1) is 10.5 Å². The van der Waals surface area contributed by atoms with Gasteiger partial charge in [-0.05, 0) is 52.0 Å². The van der Waals surface area contributed by atoms with Crippen molar-refractivity contribution in [3.63, 3.8) is 0 Å². The highest BCUT2D eigenvalue weighted by atomic mass is 32.1. The lowest BCUT2D eigenvalue weighted by atomic mass is 10.0. The highest BCUT2D eigenvalue weighted by Gasteiger charge is 2.44. The van der Waals surface area contributed by atoms with Crippen molar-refractivity contribution in [2.24, 2.45) is 0 Å². The van der Waals surface area contributed by atoms with Gasteiger partial charge in [0, 0.05) is 36.0 Å². The van der Waals surface area contributed by atoms with E-state index in [9.17, 15) is 36.6 Å². The number of nitrogens with one attached hydrogen (secondary N) is 2. The van der Waals surface area contributed by atoms with Crippen molar-refractivity contribution < 1.29 is 36.6 Å². The Hall–Kier alpha value is -2.87. The molecule has 2 saturated heterocycles. The molecule has 2 aromatic rings. The van der Waals surface area contributed by atoms with Crippen molar-refractivity contribution in [2.45, 2.75) is 89.2 Å². The van der Waals surface area contributed by atoms with Gasteiger partial charge in [-0.15, -0.1) is 11.3 Å². The minimum atomic E-state index is -4.61. The number of aromatic nitrogens is 2. The highest BCUT2D eigenvalue weighted by Crippen LogP contribution is 2.42. The Morgan fingerprint density at radius 1 is 1.18 bits per heavy atom. The summed E-state index contributed by atoms with van der Waals surface area (Å²) in [5, 5.41) is 14.4. The van der Waals surface area contributed by atoms with Gasteiger partial charge >= 0.3 is 6.18 Å². The Balaban J connectivity index is 1.76. The van der Waals surface area contributed by atoms with E-state index in [-0.39, 0.29) is 46.2 Å². The summed E-state index contributed by atoms with van der Waals surface area (Å²) in [4.78, 5) is 36.3. The van der Waals surface area contributed by atoms with E-state index < -0.39 is 47.4 Å². The van der Waals surface area contributed by atoms with Gasteiger partial charge < -0.3 is 20.6 Å². The van der Waals surface area contributed by atoms with Crippen molar-refractivity contribution in [3.05, 3.63) is 28.5 Å². The number of carbonyl (C=O) groups excluding carboxylic acids is 2. The van der Waals surface area contributed by atoms with E-state index in [1.165, 1.54) is 20.8 Å². The fourth-order valence-corrected chi connectivity index (χ4v) is 6.00. The molecule has 1 atom stereocenters. The molecule has 214 valence electrons. The first-order valence-electron chi connectivity index (χ1n) is 12.7. The minimum absolute atomic E-state index is 0.00266. The number of halogens is 5. The zero-order valence-corrected chi connectivity index (χ0v) is 22.4. The first kappa shape index (κ1) is 29.1.